The van der Waals surface area contributed by atoms with Crippen molar-refractivity contribution >= 4 is 28.2 Å². The Bertz CT molecular complexity index is 683. The molecular weight excluding hydrogens is 483 g/mol. The summed E-state index contributed by atoms with van der Waals surface area (Å²) < 4.78 is 31.2. The fourth-order valence-electron chi connectivity index (χ4n) is 3.99. The zero-order valence-electron chi connectivity index (χ0n) is 19.6. The molecule has 0 spiro atoms. The number of allylic oxidation sites excluding steroid dienone is 2. The van der Waals surface area contributed by atoms with Crippen LogP contribution in [0.3, 0.4) is 0 Å². The van der Waals surface area contributed by atoms with E-state index >= 15 is 0 Å². The average Bonchev–Trinajstić information content (AvgIpc) is 2.71. The molecule has 1 aromatic carbocycles. The Morgan fingerprint density at radius 3 is 1.83 bits per heavy atom. The molecular formula is C25H44O2SSn. The zero-order valence-corrected chi connectivity index (χ0v) is 23.3. The van der Waals surface area contributed by atoms with Gasteiger partial charge in [-0.1, -0.05) is 0 Å². The van der Waals surface area contributed by atoms with Crippen LogP contribution in [0, 0.1) is 6.92 Å². The Morgan fingerprint density at radius 2 is 1.38 bits per heavy atom. The second kappa shape index (κ2) is 13.9. The topological polar surface area (TPSA) is 34.1 Å². The van der Waals surface area contributed by atoms with Crippen molar-refractivity contribution in [1.82, 2.24) is 0 Å². The third-order valence-corrected chi connectivity index (χ3v) is 23.1. The van der Waals surface area contributed by atoms with Gasteiger partial charge in [0.2, 0.25) is 0 Å². The number of rotatable bonds is 15. The maximum atomic E-state index is 12.7. The Labute approximate surface area is 185 Å². The van der Waals surface area contributed by atoms with Crippen molar-refractivity contribution in [2.45, 2.75) is 102 Å². The molecule has 4 heteroatoms. The van der Waals surface area contributed by atoms with Crippen molar-refractivity contribution < 1.29 is 8.42 Å². The molecule has 0 saturated heterocycles. The van der Waals surface area contributed by atoms with E-state index in [-0.39, 0.29) is 5.75 Å². The molecule has 0 fully saturated rings. The van der Waals surface area contributed by atoms with E-state index in [1.54, 1.807) is 12.1 Å². The van der Waals surface area contributed by atoms with Crippen LogP contribution in [0.15, 0.2) is 40.8 Å². The van der Waals surface area contributed by atoms with Crippen LogP contribution in [0.1, 0.15) is 78.2 Å². The number of hydrogen-bond donors (Lipinski definition) is 0. The van der Waals surface area contributed by atoms with Crippen molar-refractivity contribution in [3.8, 4) is 0 Å². The van der Waals surface area contributed by atoms with Crippen molar-refractivity contribution in [2.24, 2.45) is 0 Å². The van der Waals surface area contributed by atoms with Gasteiger partial charge in [0.05, 0.1) is 0 Å². The summed E-state index contributed by atoms with van der Waals surface area (Å²) in [6, 6.07) is 7.25. The molecule has 0 atom stereocenters. The minimum absolute atomic E-state index is 0.222. The first-order valence-corrected chi connectivity index (χ1v) is 21.5. The fraction of sp³-hybridized carbons (Fsp3) is 0.680. The molecule has 0 aliphatic carbocycles. The van der Waals surface area contributed by atoms with Gasteiger partial charge in [-0.05, 0) is 0 Å². The van der Waals surface area contributed by atoms with Gasteiger partial charge in [0.25, 0.3) is 0 Å². The predicted molar refractivity (Wildman–Crippen MR) is 131 cm³/mol. The summed E-state index contributed by atoms with van der Waals surface area (Å²) in [6.45, 7) is 11.1. The number of aryl methyl sites for hydroxylation is 1. The van der Waals surface area contributed by atoms with E-state index in [1.165, 1.54) is 61.8 Å². The van der Waals surface area contributed by atoms with E-state index in [1.807, 2.05) is 19.1 Å². The Hall–Kier alpha value is -0.291. The van der Waals surface area contributed by atoms with Gasteiger partial charge in [0, 0.05) is 0 Å². The third kappa shape index (κ3) is 10.0. The van der Waals surface area contributed by atoms with Crippen LogP contribution in [-0.4, -0.2) is 32.5 Å². The third-order valence-electron chi connectivity index (χ3n) is 6.21. The van der Waals surface area contributed by atoms with E-state index in [2.05, 4.69) is 33.8 Å². The van der Waals surface area contributed by atoms with E-state index in [4.69, 9.17) is 0 Å². The van der Waals surface area contributed by atoms with Crippen molar-refractivity contribution in [3.63, 3.8) is 0 Å². The fourth-order valence-corrected chi connectivity index (χ4v) is 20.9. The first-order valence-electron chi connectivity index (χ1n) is 11.7. The molecule has 0 aromatic heterocycles. The summed E-state index contributed by atoms with van der Waals surface area (Å²) >= 11 is -2.16. The van der Waals surface area contributed by atoms with Crippen molar-refractivity contribution in [3.05, 3.63) is 41.5 Å². The van der Waals surface area contributed by atoms with Crippen molar-refractivity contribution in [2.75, 3.05) is 5.75 Å². The molecule has 0 aliphatic heterocycles. The normalized spacial score (nSPS) is 13.1. The SMILES string of the molecule is CCC[CH2][Sn]([CH2]/C=C(\C)CCS(=O)(=O)c1ccc(C)cc1)([CH2]CCC)[CH2]CCC. The van der Waals surface area contributed by atoms with Crippen LogP contribution in [0.25, 0.3) is 0 Å². The monoisotopic (exact) mass is 528 g/mol. The van der Waals surface area contributed by atoms with E-state index in [0.717, 1.165) is 5.56 Å². The average molecular weight is 527 g/mol. The molecule has 166 valence electrons. The number of benzene rings is 1. The first-order chi connectivity index (χ1) is 13.8. The molecule has 0 radical (unpaired) electrons. The van der Waals surface area contributed by atoms with Crippen LogP contribution in [-0.2, 0) is 9.84 Å². The second-order valence-corrected chi connectivity index (χ2v) is 25.1. The molecule has 0 heterocycles. The molecule has 0 unspecified atom stereocenters. The molecule has 1 aromatic rings. The van der Waals surface area contributed by atoms with Crippen LogP contribution >= 0.6 is 0 Å². The van der Waals surface area contributed by atoms with Crippen LogP contribution in [0.4, 0.5) is 0 Å². The molecule has 0 amide bonds. The molecule has 0 N–H and O–H groups in total. The van der Waals surface area contributed by atoms with Gasteiger partial charge >= 0.3 is 186 Å². The number of unbranched alkanes of at least 4 members (excludes halogenated alkanes) is 3. The van der Waals surface area contributed by atoms with Gasteiger partial charge in [-0.3, -0.25) is 0 Å². The summed E-state index contributed by atoms with van der Waals surface area (Å²) in [6.07, 6.45) is 11.2. The summed E-state index contributed by atoms with van der Waals surface area (Å²) in [5, 5.41) is 0. The van der Waals surface area contributed by atoms with Crippen LogP contribution in [0.2, 0.25) is 17.7 Å². The second-order valence-electron chi connectivity index (χ2n) is 8.95. The number of hydrogen-bond acceptors (Lipinski definition) is 2. The predicted octanol–water partition coefficient (Wildman–Crippen LogP) is 7.95. The Kier molecular flexibility index (Phi) is 12.8. The first kappa shape index (κ1) is 26.7. The molecule has 0 bridgehead atoms. The maximum absolute atomic E-state index is 12.7. The molecule has 0 saturated carbocycles. The van der Waals surface area contributed by atoms with Gasteiger partial charge in [0.1, 0.15) is 0 Å². The Balaban J connectivity index is 2.81. The van der Waals surface area contributed by atoms with Crippen LogP contribution < -0.4 is 0 Å². The Morgan fingerprint density at radius 1 is 0.897 bits per heavy atom. The van der Waals surface area contributed by atoms with Crippen molar-refractivity contribution in [1.29, 1.82) is 0 Å². The van der Waals surface area contributed by atoms with E-state index < -0.39 is 28.2 Å². The van der Waals surface area contributed by atoms with Gasteiger partial charge in [0.15, 0.2) is 0 Å². The van der Waals surface area contributed by atoms with Crippen LogP contribution in [0.5, 0.6) is 0 Å². The summed E-state index contributed by atoms with van der Waals surface area (Å²) in [5.74, 6) is 0.222. The summed E-state index contributed by atoms with van der Waals surface area (Å²) in [7, 11) is -3.19. The van der Waals surface area contributed by atoms with Gasteiger partial charge in [-0.25, -0.2) is 0 Å². The minimum atomic E-state index is -3.19. The quantitative estimate of drug-likeness (QED) is 0.171. The summed E-state index contributed by atoms with van der Waals surface area (Å²) in [5.41, 5.74) is 2.36. The van der Waals surface area contributed by atoms with Gasteiger partial charge in [-0.2, -0.15) is 0 Å². The summed E-state index contributed by atoms with van der Waals surface area (Å²) in [4.78, 5) is 0.457. The molecule has 2 nitrogen and oxygen atoms in total. The van der Waals surface area contributed by atoms with E-state index in [9.17, 15) is 8.42 Å². The standard InChI is InChI=1S/C13H17O2S.3C4H9.Sn/c1-4-11(2)9-10-16(14,15)13-7-5-12(3)6-8-13;3*1-3-4-2;/h4-8H,1,9-10H2,2-3H3;3*1,3-4H2,2H3;/b11-4+;;;;. The molecule has 29 heavy (non-hydrogen) atoms. The van der Waals surface area contributed by atoms with E-state index in [0.29, 0.717) is 11.3 Å². The molecule has 1 rings (SSSR count). The molecule has 0 aliphatic rings. The van der Waals surface area contributed by atoms with Gasteiger partial charge in [-0.15, -0.1) is 0 Å². The van der Waals surface area contributed by atoms with Gasteiger partial charge < -0.3 is 0 Å². The number of sulfone groups is 1. The zero-order chi connectivity index (χ0) is 21.8.